The van der Waals surface area contributed by atoms with Crippen LogP contribution in [0.2, 0.25) is 0 Å². The van der Waals surface area contributed by atoms with Crippen molar-refractivity contribution in [1.29, 1.82) is 0 Å². The molecule has 4 rings (SSSR count). The van der Waals surface area contributed by atoms with E-state index in [-0.39, 0.29) is 23.2 Å². The number of rotatable bonds is 4. The predicted octanol–water partition coefficient (Wildman–Crippen LogP) is 2.94. The highest BCUT2D eigenvalue weighted by Gasteiger charge is 2.39. The van der Waals surface area contributed by atoms with Crippen LogP contribution in [0.5, 0.6) is 0 Å². The van der Waals surface area contributed by atoms with Gasteiger partial charge in [-0.1, -0.05) is 0 Å². The number of halogens is 2. The van der Waals surface area contributed by atoms with Gasteiger partial charge in [-0.25, -0.2) is 17.2 Å². The average molecular weight is 392 g/mol. The van der Waals surface area contributed by atoms with E-state index >= 15 is 0 Å². The summed E-state index contributed by atoms with van der Waals surface area (Å²) in [4.78, 5) is 3.66. The van der Waals surface area contributed by atoms with Gasteiger partial charge in [0, 0.05) is 18.9 Å². The fourth-order valence-electron chi connectivity index (χ4n) is 3.02. The molecule has 3 heterocycles. The lowest BCUT2D eigenvalue weighted by atomic mass is 10.2. The third kappa shape index (κ3) is 3.21. The molecule has 140 valence electrons. The maximum Gasteiger partial charge on any atom is 0.249 e. The van der Waals surface area contributed by atoms with Gasteiger partial charge in [0.15, 0.2) is 11.6 Å². The molecule has 1 fully saturated rings. The molecule has 3 aromatic rings. The molecule has 0 spiro atoms. The molecule has 0 aliphatic carbocycles. The normalized spacial score (nSPS) is 18.1. The molecule has 1 atom stereocenters. The van der Waals surface area contributed by atoms with E-state index in [1.807, 2.05) is 0 Å². The Morgan fingerprint density at radius 1 is 1.15 bits per heavy atom. The summed E-state index contributed by atoms with van der Waals surface area (Å²) in [6, 6.07) is 5.30. The molecule has 0 bridgehead atoms. The van der Waals surface area contributed by atoms with Gasteiger partial charge in [0.2, 0.25) is 21.8 Å². The van der Waals surface area contributed by atoms with Crippen LogP contribution in [0.1, 0.15) is 24.8 Å². The van der Waals surface area contributed by atoms with Crippen molar-refractivity contribution in [3.63, 3.8) is 0 Å². The van der Waals surface area contributed by atoms with E-state index in [1.165, 1.54) is 4.31 Å². The highest BCUT2D eigenvalue weighted by Crippen LogP contribution is 2.37. The van der Waals surface area contributed by atoms with E-state index in [2.05, 4.69) is 15.2 Å². The second-order valence-corrected chi connectivity index (χ2v) is 7.93. The highest BCUT2D eigenvalue weighted by atomic mass is 32.2. The Morgan fingerprint density at radius 2 is 2.00 bits per heavy atom. The molecule has 0 N–H and O–H groups in total. The zero-order valence-corrected chi connectivity index (χ0v) is 14.7. The summed E-state index contributed by atoms with van der Waals surface area (Å²) in [5.41, 5.74) is 0.615. The van der Waals surface area contributed by atoms with Crippen LogP contribution >= 0.6 is 0 Å². The van der Waals surface area contributed by atoms with Crippen LogP contribution in [-0.4, -0.2) is 34.4 Å². The zero-order valence-electron chi connectivity index (χ0n) is 13.9. The van der Waals surface area contributed by atoms with E-state index in [9.17, 15) is 17.2 Å². The summed E-state index contributed by atoms with van der Waals surface area (Å²) in [6.45, 7) is 0.219. The Morgan fingerprint density at radius 3 is 2.74 bits per heavy atom. The fraction of sp³-hybridized carbons (Fsp3) is 0.235. The van der Waals surface area contributed by atoms with Crippen LogP contribution in [-0.2, 0) is 10.0 Å². The number of nitrogens with zero attached hydrogens (tertiary/aromatic N) is 4. The summed E-state index contributed by atoms with van der Waals surface area (Å²) in [5.74, 6) is -1.94. The summed E-state index contributed by atoms with van der Waals surface area (Å²) >= 11 is 0. The number of sulfonamides is 1. The predicted molar refractivity (Wildman–Crippen MR) is 89.8 cm³/mol. The third-order valence-electron chi connectivity index (χ3n) is 4.34. The van der Waals surface area contributed by atoms with Crippen molar-refractivity contribution < 1.29 is 21.6 Å². The van der Waals surface area contributed by atoms with Crippen molar-refractivity contribution in [2.75, 3.05) is 6.54 Å². The summed E-state index contributed by atoms with van der Waals surface area (Å²) in [5, 5.41) is 7.94. The molecular weight excluding hydrogens is 378 g/mol. The number of hydrogen-bond acceptors (Lipinski definition) is 6. The molecule has 0 amide bonds. The van der Waals surface area contributed by atoms with Crippen LogP contribution in [0, 0.1) is 11.6 Å². The van der Waals surface area contributed by atoms with Crippen LogP contribution in [0.3, 0.4) is 0 Å². The topological polar surface area (TPSA) is 89.2 Å². The van der Waals surface area contributed by atoms with Gasteiger partial charge < -0.3 is 4.42 Å². The average Bonchev–Trinajstić information content (AvgIpc) is 3.34. The summed E-state index contributed by atoms with van der Waals surface area (Å²) in [7, 11) is -4.04. The first kappa shape index (κ1) is 17.7. The van der Waals surface area contributed by atoms with Crippen LogP contribution in [0.15, 0.2) is 52.0 Å². The Bertz CT molecular complexity index is 1070. The molecule has 0 saturated carbocycles. The molecule has 0 radical (unpaired) electrons. The molecule has 1 unspecified atom stereocenters. The molecule has 27 heavy (non-hydrogen) atoms. The Balaban J connectivity index is 1.66. The first-order chi connectivity index (χ1) is 13.0. The largest absolute Gasteiger partial charge is 0.419 e. The quantitative estimate of drug-likeness (QED) is 0.678. The Kier molecular flexibility index (Phi) is 4.44. The van der Waals surface area contributed by atoms with Gasteiger partial charge in [0.05, 0.1) is 10.5 Å². The molecule has 1 aromatic carbocycles. The summed E-state index contributed by atoms with van der Waals surface area (Å²) in [6.07, 6.45) is 4.23. The van der Waals surface area contributed by atoms with Gasteiger partial charge in [-0.05, 0) is 43.2 Å². The maximum absolute atomic E-state index is 13.5. The van der Waals surface area contributed by atoms with Gasteiger partial charge in [0.1, 0.15) is 6.04 Å². The minimum absolute atomic E-state index is 0.150. The standard InChI is InChI=1S/C17H14F2N4O3S/c18-13-6-5-12(9-14(13)19)27(24,25)23-8-2-4-15(23)17-22-21-16(26-17)11-3-1-7-20-10-11/h1,3,5-7,9-10,15H,2,4,8H2. The molecule has 1 aliphatic rings. The Labute approximate surface area is 153 Å². The second kappa shape index (κ2) is 6.78. The minimum Gasteiger partial charge on any atom is -0.419 e. The van der Waals surface area contributed by atoms with Crippen molar-refractivity contribution in [1.82, 2.24) is 19.5 Å². The van der Waals surface area contributed by atoms with Crippen molar-refractivity contribution >= 4 is 10.0 Å². The van der Waals surface area contributed by atoms with E-state index in [0.717, 1.165) is 12.1 Å². The number of aromatic nitrogens is 3. The van der Waals surface area contributed by atoms with Crippen LogP contribution in [0.25, 0.3) is 11.5 Å². The summed E-state index contributed by atoms with van der Waals surface area (Å²) < 4.78 is 59.3. The van der Waals surface area contributed by atoms with Crippen molar-refractivity contribution in [2.24, 2.45) is 0 Å². The maximum atomic E-state index is 13.5. The van der Waals surface area contributed by atoms with Crippen molar-refractivity contribution in [2.45, 2.75) is 23.8 Å². The number of pyridine rings is 1. The van der Waals surface area contributed by atoms with Gasteiger partial charge >= 0.3 is 0 Å². The van der Waals surface area contributed by atoms with Gasteiger partial charge in [-0.15, -0.1) is 10.2 Å². The van der Waals surface area contributed by atoms with Crippen LogP contribution < -0.4 is 0 Å². The van der Waals surface area contributed by atoms with E-state index in [1.54, 1.807) is 24.5 Å². The van der Waals surface area contributed by atoms with Crippen LogP contribution in [0.4, 0.5) is 8.78 Å². The van der Waals surface area contributed by atoms with Gasteiger partial charge in [0.25, 0.3) is 0 Å². The Hall–Kier alpha value is -2.72. The van der Waals surface area contributed by atoms with Crippen molar-refractivity contribution in [3.05, 3.63) is 60.3 Å². The van der Waals surface area contributed by atoms with E-state index in [4.69, 9.17) is 4.42 Å². The zero-order chi connectivity index (χ0) is 19.0. The third-order valence-corrected chi connectivity index (χ3v) is 6.24. The van der Waals surface area contributed by atoms with E-state index < -0.39 is 27.7 Å². The second-order valence-electron chi connectivity index (χ2n) is 6.04. The minimum atomic E-state index is -4.04. The number of benzene rings is 1. The van der Waals surface area contributed by atoms with Gasteiger partial charge in [-0.2, -0.15) is 4.31 Å². The molecular formula is C17H14F2N4O3S. The highest BCUT2D eigenvalue weighted by molar-refractivity contribution is 7.89. The monoisotopic (exact) mass is 392 g/mol. The number of hydrogen-bond donors (Lipinski definition) is 0. The molecule has 10 heteroatoms. The van der Waals surface area contributed by atoms with Gasteiger partial charge in [-0.3, -0.25) is 4.98 Å². The first-order valence-electron chi connectivity index (χ1n) is 8.17. The van der Waals surface area contributed by atoms with Crippen molar-refractivity contribution in [3.8, 4) is 11.5 Å². The smallest absolute Gasteiger partial charge is 0.249 e. The molecule has 2 aromatic heterocycles. The SMILES string of the molecule is O=S(=O)(c1ccc(F)c(F)c1)N1CCCC1c1nnc(-c2cccnc2)o1. The molecule has 1 aliphatic heterocycles. The molecule has 1 saturated heterocycles. The first-order valence-corrected chi connectivity index (χ1v) is 9.61. The molecule has 7 nitrogen and oxygen atoms in total. The lowest BCUT2D eigenvalue weighted by Gasteiger charge is -2.21. The lowest BCUT2D eigenvalue weighted by Crippen LogP contribution is -2.31. The van der Waals surface area contributed by atoms with E-state index in [0.29, 0.717) is 24.5 Å². The lowest BCUT2D eigenvalue weighted by molar-refractivity contribution is 0.332. The fourth-order valence-corrected chi connectivity index (χ4v) is 4.69.